The Hall–Kier alpha value is -2.35. The van der Waals surface area contributed by atoms with Gasteiger partial charge in [-0.05, 0) is 0 Å². The number of nitrogens with zero attached hydrogens (tertiary/aromatic N) is 1. The van der Waals surface area contributed by atoms with Gasteiger partial charge in [-0.15, -0.1) is 0 Å². The Bertz CT molecular complexity index is 796. The van der Waals surface area contributed by atoms with E-state index in [0.717, 1.165) is 11.0 Å². The van der Waals surface area contributed by atoms with Gasteiger partial charge in [0, 0.05) is 18.2 Å². The summed E-state index contributed by atoms with van der Waals surface area (Å²) >= 11 is 0. The van der Waals surface area contributed by atoms with Gasteiger partial charge in [0.2, 0.25) is 0 Å². The summed E-state index contributed by atoms with van der Waals surface area (Å²) in [5.74, 6) is -1.09. The summed E-state index contributed by atoms with van der Waals surface area (Å²) < 4.78 is 64.3. The van der Waals surface area contributed by atoms with Crippen LogP contribution in [0.25, 0.3) is 0 Å². The summed E-state index contributed by atoms with van der Waals surface area (Å²) in [5, 5.41) is 0. The van der Waals surface area contributed by atoms with Crippen LogP contribution in [0.3, 0.4) is 0 Å². The second-order valence-corrected chi connectivity index (χ2v) is 9.27. The molecule has 16 heteroatoms. The highest BCUT2D eigenvalue weighted by Gasteiger charge is 2.22. The van der Waals surface area contributed by atoms with Crippen molar-refractivity contribution in [3.8, 4) is 0 Å². The quantitative estimate of drug-likeness (QED) is 0.0367. The molecule has 1 rings (SSSR count). The van der Waals surface area contributed by atoms with E-state index >= 15 is 0 Å². The molecule has 1 heterocycles. The van der Waals surface area contributed by atoms with E-state index in [1.165, 1.54) is 12.2 Å². The summed E-state index contributed by atoms with van der Waals surface area (Å²) in [6.07, 6.45) is 3.61. The maximum absolute atomic E-state index is 11.4. The van der Waals surface area contributed by atoms with Crippen LogP contribution in [0.5, 0.6) is 0 Å². The topological polar surface area (TPSA) is 165 Å². The molecule has 1 aliphatic rings. The van der Waals surface area contributed by atoms with E-state index < -0.39 is 5.97 Å². The molecule has 0 saturated heterocycles. The fourth-order valence-corrected chi connectivity index (χ4v) is 3.37. The lowest BCUT2D eigenvalue weighted by atomic mass is 10.5. The van der Waals surface area contributed by atoms with Crippen LogP contribution in [0.2, 0.25) is 0 Å². The van der Waals surface area contributed by atoms with E-state index in [2.05, 4.69) is 6.58 Å². The number of carbonyl (C=O) groups is 3. The minimum absolute atomic E-state index is 0.191. The molecule has 0 aromatic rings. The van der Waals surface area contributed by atoms with Gasteiger partial charge in [-0.1, -0.05) is 6.58 Å². The molecule has 1 aliphatic heterocycles. The molecule has 272 valence electrons. The standard InChI is InChI=1S/C31H53NO15/c1-2-31(35)47-28-27-46-26-25-45-24-23-44-22-21-43-20-19-42-18-17-41-16-15-40-14-13-39-12-11-38-10-9-37-8-7-36-6-5-32-29(33)3-4-30(32)34/h2-4H,1,5-28H2. The third-order valence-electron chi connectivity index (χ3n) is 5.72. The number of esters is 1. The Balaban J connectivity index is 1.62. The lowest BCUT2D eigenvalue weighted by molar-refractivity contribution is -0.140. The van der Waals surface area contributed by atoms with E-state index in [-0.39, 0.29) is 31.6 Å². The first-order chi connectivity index (χ1) is 23.1. The predicted octanol–water partition coefficient (Wildman–Crippen LogP) is -0.177. The van der Waals surface area contributed by atoms with Crippen molar-refractivity contribution in [3.63, 3.8) is 0 Å². The summed E-state index contributed by atoms with van der Waals surface area (Å²) in [7, 11) is 0. The molecule has 0 radical (unpaired) electrons. The Morgan fingerprint density at radius 2 is 0.681 bits per heavy atom. The molecule has 0 aromatic carbocycles. The van der Waals surface area contributed by atoms with E-state index in [4.69, 9.17) is 56.8 Å². The van der Waals surface area contributed by atoms with E-state index in [9.17, 15) is 14.4 Å². The van der Waals surface area contributed by atoms with Gasteiger partial charge in [0.25, 0.3) is 11.8 Å². The second kappa shape index (κ2) is 33.5. The Morgan fingerprint density at radius 3 is 0.936 bits per heavy atom. The first-order valence-corrected chi connectivity index (χ1v) is 15.8. The largest absolute Gasteiger partial charge is 0.460 e. The van der Waals surface area contributed by atoms with Crippen LogP contribution < -0.4 is 0 Å². The van der Waals surface area contributed by atoms with Crippen LogP contribution in [0.15, 0.2) is 24.8 Å². The van der Waals surface area contributed by atoms with Crippen LogP contribution in [0.4, 0.5) is 0 Å². The van der Waals surface area contributed by atoms with Crippen LogP contribution in [-0.2, 0) is 71.2 Å². The average molecular weight is 680 g/mol. The molecule has 0 N–H and O–H groups in total. The van der Waals surface area contributed by atoms with Crippen LogP contribution in [0.1, 0.15) is 0 Å². The molecule has 16 nitrogen and oxygen atoms in total. The van der Waals surface area contributed by atoms with Gasteiger partial charge in [-0.2, -0.15) is 0 Å². The second-order valence-electron chi connectivity index (χ2n) is 9.27. The first kappa shape index (κ1) is 42.7. The zero-order chi connectivity index (χ0) is 33.9. The van der Waals surface area contributed by atoms with Gasteiger partial charge in [0.15, 0.2) is 0 Å². The van der Waals surface area contributed by atoms with Crippen molar-refractivity contribution in [3.05, 3.63) is 24.8 Å². The molecule has 2 amide bonds. The van der Waals surface area contributed by atoms with Crippen molar-refractivity contribution in [1.29, 1.82) is 0 Å². The predicted molar refractivity (Wildman–Crippen MR) is 166 cm³/mol. The molecule has 0 atom stereocenters. The minimum atomic E-state index is -0.465. The smallest absolute Gasteiger partial charge is 0.330 e. The van der Waals surface area contributed by atoms with Gasteiger partial charge in [0.05, 0.1) is 152 Å². The number of hydrogen-bond acceptors (Lipinski definition) is 15. The SMILES string of the molecule is C=CC(=O)OCCOCCOCCOCCOCCOCCOCCOCCOCCOCCOCCOCCN1C(=O)C=CC1=O. The molecule has 0 fully saturated rings. The molecule has 47 heavy (non-hydrogen) atoms. The Kier molecular flexibility index (Phi) is 30.5. The number of hydrogen-bond donors (Lipinski definition) is 0. The summed E-state index contributed by atoms with van der Waals surface area (Å²) in [6, 6.07) is 0. The normalized spacial score (nSPS) is 12.8. The average Bonchev–Trinajstić information content (AvgIpc) is 3.40. The molecule has 0 aliphatic carbocycles. The van der Waals surface area contributed by atoms with Crippen molar-refractivity contribution >= 4 is 17.8 Å². The van der Waals surface area contributed by atoms with Crippen molar-refractivity contribution in [1.82, 2.24) is 4.90 Å². The fraction of sp³-hybridized carbons (Fsp3) is 0.774. The number of carbonyl (C=O) groups excluding carboxylic acids is 3. The Morgan fingerprint density at radius 1 is 0.447 bits per heavy atom. The van der Waals surface area contributed by atoms with Crippen molar-refractivity contribution in [2.45, 2.75) is 0 Å². The van der Waals surface area contributed by atoms with Crippen molar-refractivity contribution in [2.75, 3.05) is 159 Å². The fourth-order valence-electron chi connectivity index (χ4n) is 3.37. The molecular formula is C31H53NO15. The molecule has 0 spiro atoms. The monoisotopic (exact) mass is 679 g/mol. The first-order valence-electron chi connectivity index (χ1n) is 15.8. The molecule has 0 bridgehead atoms. The highest BCUT2D eigenvalue weighted by Crippen LogP contribution is 2.02. The van der Waals surface area contributed by atoms with Crippen molar-refractivity contribution < 1.29 is 71.2 Å². The van der Waals surface area contributed by atoms with Gasteiger partial charge in [-0.25, -0.2) is 4.79 Å². The van der Waals surface area contributed by atoms with Gasteiger partial charge >= 0.3 is 5.97 Å². The molecule has 0 unspecified atom stereocenters. The lowest BCUT2D eigenvalue weighted by Crippen LogP contribution is -2.33. The highest BCUT2D eigenvalue weighted by atomic mass is 16.6. The number of rotatable bonds is 37. The highest BCUT2D eigenvalue weighted by molar-refractivity contribution is 6.12. The van der Waals surface area contributed by atoms with Gasteiger partial charge < -0.3 is 56.8 Å². The summed E-state index contributed by atoms with van der Waals surface area (Å²) in [5.41, 5.74) is 0. The lowest BCUT2D eigenvalue weighted by Gasteiger charge is -2.13. The van der Waals surface area contributed by atoms with Gasteiger partial charge in [-0.3, -0.25) is 14.5 Å². The summed E-state index contributed by atoms with van der Waals surface area (Å²) in [6.45, 7) is 13.4. The molecular weight excluding hydrogens is 626 g/mol. The molecule has 0 aromatic heterocycles. The number of ether oxygens (including phenoxy) is 12. The van der Waals surface area contributed by atoms with Crippen LogP contribution in [0, 0.1) is 0 Å². The van der Waals surface area contributed by atoms with E-state index in [0.29, 0.717) is 139 Å². The maximum Gasteiger partial charge on any atom is 0.330 e. The molecule has 0 saturated carbocycles. The van der Waals surface area contributed by atoms with Gasteiger partial charge in [0.1, 0.15) is 6.61 Å². The Labute approximate surface area is 277 Å². The zero-order valence-corrected chi connectivity index (χ0v) is 27.5. The number of imide groups is 1. The minimum Gasteiger partial charge on any atom is -0.460 e. The maximum atomic E-state index is 11.4. The van der Waals surface area contributed by atoms with Crippen molar-refractivity contribution in [2.24, 2.45) is 0 Å². The number of amides is 2. The zero-order valence-electron chi connectivity index (χ0n) is 27.5. The van der Waals surface area contributed by atoms with Crippen LogP contribution >= 0.6 is 0 Å². The third kappa shape index (κ3) is 28.4. The van der Waals surface area contributed by atoms with Crippen LogP contribution in [-0.4, -0.2) is 181 Å². The van der Waals surface area contributed by atoms with E-state index in [1.54, 1.807) is 0 Å². The third-order valence-corrected chi connectivity index (χ3v) is 5.72. The van der Waals surface area contributed by atoms with E-state index in [1.807, 2.05) is 0 Å². The summed E-state index contributed by atoms with van der Waals surface area (Å²) in [4.78, 5) is 34.8.